The number of amides is 1. The average molecular weight is 401 g/mol. The summed E-state index contributed by atoms with van der Waals surface area (Å²) in [6.45, 7) is 1.78. The zero-order chi connectivity index (χ0) is 20.3. The van der Waals surface area contributed by atoms with Gasteiger partial charge in [0.2, 0.25) is 0 Å². The summed E-state index contributed by atoms with van der Waals surface area (Å²) < 4.78 is 23.8. The number of rotatable bonds is 5. The van der Waals surface area contributed by atoms with Gasteiger partial charge in [-0.25, -0.2) is 4.39 Å². The van der Waals surface area contributed by atoms with Crippen molar-refractivity contribution in [3.63, 3.8) is 0 Å². The molecule has 1 amide bonds. The fourth-order valence-corrected chi connectivity index (χ4v) is 3.28. The topological polar surface area (TPSA) is 71.6 Å². The normalized spacial score (nSPS) is 16.1. The number of allylic oxidation sites excluding steroid dienone is 1. The van der Waals surface area contributed by atoms with Gasteiger partial charge in [0.1, 0.15) is 5.82 Å². The molecule has 0 spiro atoms. The first-order valence-electron chi connectivity index (χ1n) is 8.50. The maximum absolute atomic E-state index is 13.1. The molecule has 0 fully saturated rings. The first-order valence-corrected chi connectivity index (χ1v) is 8.91. The lowest BCUT2D eigenvalue weighted by molar-refractivity contribution is -0.113. The molecule has 0 bridgehead atoms. The molecule has 0 aromatic heterocycles. The summed E-state index contributed by atoms with van der Waals surface area (Å²) >= 11 is 5.27. The highest BCUT2D eigenvalue weighted by molar-refractivity contribution is 7.80. The van der Waals surface area contributed by atoms with Crippen molar-refractivity contribution < 1.29 is 18.7 Å². The van der Waals surface area contributed by atoms with Crippen molar-refractivity contribution in [3.8, 4) is 11.5 Å². The number of carbonyl (C=O) groups is 1. The van der Waals surface area contributed by atoms with Crippen LogP contribution in [0.1, 0.15) is 18.5 Å². The second-order valence-electron chi connectivity index (χ2n) is 6.15. The second-order valence-corrected chi connectivity index (χ2v) is 6.55. The predicted octanol–water partition coefficient (Wildman–Crippen LogP) is 3.27. The number of carbonyl (C=O) groups excluding carboxylic acids is 1. The van der Waals surface area contributed by atoms with Crippen LogP contribution < -0.4 is 25.4 Å². The Balaban J connectivity index is 1.96. The van der Waals surface area contributed by atoms with E-state index in [1.807, 2.05) is 6.07 Å². The van der Waals surface area contributed by atoms with Crippen molar-refractivity contribution in [3.05, 3.63) is 65.1 Å². The quantitative estimate of drug-likeness (QED) is 0.668. The molecule has 0 aliphatic carbocycles. The van der Waals surface area contributed by atoms with Gasteiger partial charge in [0.15, 0.2) is 16.6 Å². The Bertz CT molecular complexity index is 944. The molecule has 6 nitrogen and oxygen atoms in total. The van der Waals surface area contributed by atoms with Crippen LogP contribution in [0.3, 0.4) is 0 Å². The van der Waals surface area contributed by atoms with Gasteiger partial charge >= 0.3 is 0 Å². The van der Waals surface area contributed by atoms with Crippen molar-refractivity contribution in [2.75, 3.05) is 19.5 Å². The van der Waals surface area contributed by atoms with Gasteiger partial charge in [-0.1, -0.05) is 6.07 Å². The summed E-state index contributed by atoms with van der Waals surface area (Å²) in [5.74, 6) is 0.428. The van der Waals surface area contributed by atoms with Gasteiger partial charge in [-0.3, -0.25) is 4.79 Å². The molecule has 0 saturated carbocycles. The van der Waals surface area contributed by atoms with Crippen molar-refractivity contribution in [1.29, 1.82) is 0 Å². The molecule has 1 atom stereocenters. The van der Waals surface area contributed by atoms with Crippen LogP contribution in [0.5, 0.6) is 11.5 Å². The fourth-order valence-electron chi connectivity index (χ4n) is 3.01. The molecule has 146 valence electrons. The SMILES string of the molecule is COc1ccc(C2NC(=S)NC(C)=C2C(=O)Nc2ccc(F)cc2)cc1OC. The summed E-state index contributed by atoms with van der Waals surface area (Å²) in [7, 11) is 3.10. The van der Waals surface area contributed by atoms with Crippen LogP contribution in [0, 0.1) is 5.82 Å². The highest BCUT2D eigenvalue weighted by atomic mass is 32.1. The molecular weight excluding hydrogens is 381 g/mol. The summed E-state index contributed by atoms with van der Waals surface area (Å²) in [5.41, 5.74) is 2.37. The van der Waals surface area contributed by atoms with E-state index in [-0.39, 0.29) is 11.7 Å². The molecule has 1 aliphatic heterocycles. The molecule has 0 radical (unpaired) electrons. The van der Waals surface area contributed by atoms with Crippen molar-refractivity contribution in [2.24, 2.45) is 0 Å². The molecule has 1 aliphatic rings. The Morgan fingerprint density at radius 2 is 1.79 bits per heavy atom. The third-order valence-corrected chi connectivity index (χ3v) is 4.58. The molecule has 1 unspecified atom stereocenters. The molecule has 3 N–H and O–H groups in total. The predicted molar refractivity (Wildman–Crippen MR) is 109 cm³/mol. The van der Waals surface area contributed by atoms with Crippen LogP contribution in [-0.2, 0) is 4.79 Å². The third kappa shape index (κ3) is 4.07. The van der Waals surface area contributed by atoms with Crippen LogP contribution in [-0.4, -0.2) is 25.2 Å². The van der Waals surface area contributed by atoms with Gasteiger partial charge in [-0.2, -0.15) is 0 Å². The lowest BCUT2D eigenvalue weighted by Gasteiger charge is -2.30. The number of halogens is 1. The number of hydrogen-bond acceptors (Lipinski definition) is 4. The lowest BCUT2D eigenvalue weighted by Crippen LogP contribution is -2.45. The van der Waals surface area contributed by atoms with Crippen LogP contribution in [0.4, 0.5) is 10.1 Å². The van der Waals surface area contributed by atoms with E-state index in [9.17, 15) is 9.18 Å². The summed E-state index contributed by atoms with van der Waals surface area (Å²) in [6, 6.07) is 10.5. The van der Waals surface area contributed by atoms with Gasteiger partial charge in [0.25, 0.3) is 5.91 Å². The smallest absolute Gasteiger partial charge is 0.255 e. The summed E-state index contributed by atoms with van der Waals surface area (Å²) in [6.07, 6.45) is 0. The van der Waals surface area contributed by atoms with Gasteiger partial charge < -0.3 is 25.4 Å². The standard InChI is InChI=1S/C20H20FN3O3S/c1-11-17(19(25)23-14-7-5-13(21)6-8-14)18(24-20(28)22-11)12-4-9-15(26-2)16(10-12)27-3/h4-10,18H,1-3H3,(H,23,25)(H2,22,24,28). The van der Waals surface area contributed by atoms with E-state index in [2.05, 4.69) is 16.0 Å². The number of thiocarbonyl (C=S) groups is 1. The fraction of sp³-hybridized carbons (Fsp3) is 0.200. The molecule has 2 aromatic carbocycles. The number of nitrogens with one attached hydrogen (secondary N) is 3. The van der Waals surface area contributed by atoms with E-state index in [1.165, 1.54) is 24.3 Å². The first-order chi connectivity index (χ1) is 13.4. The molecule has 1 heterocycles. The molecular formula is C20H20FN3O3S. The summed E-state index contributed by atoms with van der Waals surface area (Å²) in [4.78, 5) is 13.0. The number of benzene rings is 2. The van der Waals surface area contributed by atoms with Crippen LogP contribution in [0.15, 0.2) is 53.7 Å². The van der Waals surface area contributed by atoms with Gasteiger partial charge in [0, 0.05) is 11.4 Å². The Kier molecular flexibility index (Phi) is 5.79. The van der Waals surface area contributed by atoms with Gasteiger partial charge in [-0.05, 0) is 61.1 Å². The van der Waals surface area contributed by atoms with E-state index in [0.717, 1.165) is 5.56 Å². The minimum Gasteiger partial charge on any atom is -0.493 e. The van der Waals surface area contributed by atoms with Gasteiger partial charge in [-0.15, -0.1) is 0 Å². The first kappa shape index (κ1) is 19.6. The highest BCUT2D eigenvalue weighted by Crippen LogP contribution is 2.34. The average Bonchev–Trinajstić information content (AvgIpc) is 2.68. The van der Waals surface area contributed by atoms with E-state index in [0.29, 0.717) is 33.6 Å². The molecule has 28 heavy (non-hydrogen) atoms. The monoisotopic (exact) mass is 401 g/mol. The van der Waals surface area contributed by atoms with Crippen molar-refractivity contribution >= 4 is 28.9 Å². The van der Waals surface area contributed by atoms with E-state index in [4.69, 9.17) is 21.7 Å². The third-order valence-electron chi connectivity index (χ3n) is 4.36. The Labute approximate surface area is 167 Å². The Morgan fingerprint density at radius 3 is 2.43 bits per heavy atom. The lowest BCUT2D eigenvalue weighted by atomic mass is 9.94. The van der Waals surface area contributed by atoms with E-state index >= 15 is 0 Å². The van der Waals surface area contributed by atoms with Crippen LogP contribution >= 0.6 is 12.2 Å². The number of methoxy groups -OCH3 is 2. The Hall–Kier alpha value is -3.13. The highest BCUT2D eigenvalue weighted by Gasteiger charge is 2.30. The molecule has 3 rings (SSSR count). The molecule has 8 heteroatoms. The van der Waals surface area contributed by atoms with Crippen molar-refractivity contribution in [2.45, 2.75) is 13.0 Å². The second kappa shape index (κ2) is 8.26. The molecule has 2 aromatic rings. The molecule has 0 saturated heterocycles. The number of anilines is 1. The zero-order valence-electron chi connectivity index (χ0n) is 15.6. The maximum atomic E-state index is 13.1. The van der Waals surface area contributed by atoms with Gasteiger partial charge in [0.05, 0.1) is 25.8 Å². The Morgan fingerprint density at radius 1 is 1.11 bits per heavy atom. The van der Waals surface area contributed by atoms with E-state index < -0.39 is 6.04 Å². The summed E-state index contributed by atoms with van der Waals surface area (Å²) in [5, 5.41) is 9.31. The van der Waals surface area contributed by atoms with E-state index in [1.54, 1.807) is 33.3 Å². The minimum atomic E-state index is -0.492. The number of hydrogen-bond donors (Lipinski definition) is 3. The number of ether oxygens (including phenoxy) is 2. The maximum Gasteiger partial charge on any atom is 0.255 e. The zero-order valence-corrected chi connectivity index (χ0v) is 16.4. The minimum absolute atomic E-state index is 0.327. The van der Waals surface area contributed by atoms with Crippen molar-refractivity contribution in [1.82, 2.24) is 10.6 Å². The van der Waals surface area contributed by atoms with Crippen LogP contribution in [0.2, 0.25) is 0 Å². The largest absolute Gasteiger partial charge is 0.493 e. The van der Waals surface area contributed by atoms with Crippen LogP contribution in [0.25, 0.3) is 0 Å².